The van der Waals surface area contributed by atoms with Gasteiger partial charge >= 0.3 is 18.1 Å². The molecular weight excluding hydrogens is 593 g/mol. The summed E-state index contributed by atoms with van der Waals surface area (Å²) in [5.41, 5.74) is 10.8. The van der Waals surface area contributed by atoms with Gasteiger partial charge in [-0.05, 0) is 137 Å². The first-order chi connectivity index (χ1) is 21.5. The number of nitrogens with two attached hydrogens (primary N) is 2. The standard InChI is InChI=1S/C15H29F3N4O2.C11H28N4.C4H8O2/c1-13(23)21-12-6-10-20-8-3-2-7-19-9-4-5-11-22-14(24)15(16,17)18;12-6-1-2-8-14-9-3-4-10-15-11-5-7-13;1-3-6-4(2)5/h19-20H,2-12H2,1H3,(H,21,23)(H,22,24);14-15H,1-13H2;3H2,1-2H3. The van der Waals surface area contributed by atoms with Gasteiger partial charge in [-0.3, -0.25) is 14.4 Å². The average Bonchev–Trinajstić information content (AvgIpc) is 2.97. The zero-order chi connectivity index (χ0) is 34.4. The van der Waals surface area contributed by atoms with E-state index in [1.54, 1.807) is 6.92 Å². The van der Waals surface area contributed by atoms with Gasteiger partial charge in [0.15, 0.2) is 0 Å². The van der Waals surface area contributed by atoms with Gasteiger partial charge < -0.3 is 48.1 Å². The van der Waals surface area contributed by atoms with Crippen molar-refractivity contribution in [2.45, 2.75) is 91.2 Å². The lowest BCUT2D eigenvalue weighted by molar-refractivity contribution is -0.173. The monoisotopic (exact) mass is 659 g/mol. The van der Waals surface area contributed by atoms with Crippen molar-refractivity contribution in [1.82, 2.24) is 31.9 Å². The van der Waals surface area contributed by atoms with Crippen LogP contribution in [0.4, 0.5) is 13.2 Å². The third kappa shape index (κ3) is 49.0. The first kappa shape index (κ1) is 47.4. The third-order valence-electron chi connectivity index (χ3n) is 5.85. The number of hydrogen-bond acceptors (Lipinski definition) is 10. The molecule has 0 aliphatic rings. The molecule has 45 heavy (non-hydrogen) atoms. The van der Waals surface area contributed by atoms with Crippen LogP contribution in [-0.4, -0.2) is 109 Å². The number of ether oxygens (including phenoxy) is 1. The van der Waals surface area contributed by atoms with Crippen molar-refractivity contribution in [1.29, 1.82) is 0 Å². The summed E-state index contributed by atoms with van der Waals surface area (Å²) in [5, 5.41) is 17.9. The van der Waals surface area contributed by atoms with Crippen LogP contribution in [0, 0.1) is 0 Å². The molecule has 0 aromatic carbocycles. The van der Waals surface area contributed by atoms with Crippen molar-refractivity contribution < 1.29 is 32.3 Å². The van der Waals surface area contributed by atoms with Crippen LogP contribution in [0.1, 0.15) is 85.0 Å². The van der Waals surface area contributed by atoms with Crippen LogP contribution in [0.3, 0.4) is 0 Å². The van der Waals surface area contributed by atoms with Crippen LogP contribution in [-0.2, 0) is 19.1 Å². The Morgan fingerprint density at radius 2 is 0.911 bits per heavy atom. The van der Waals surface area contributed by atoms with Gasteiger partial charge in [0, 0.05) is 26.9 Å². The Balaban J connectivity index is -0.000000710. The molecule has 0 bridgehead atoms. The highest BCUT2D eigenvalue weighted by Crippen LogP contribution is 2.13. The molecule has 0 fully saturated rings. The minimum absolute atomic E-state index is 0.0104. The fourth-order valence-corrected chi connectivity index (χ4v) is 3.48. The van der Waals surface area contributed by atoms with Crippen LogP contribution in [0.25, 0.3) is 0 Å². The second-order valence-electron chi connectivity index (χ2n) is 10.3. The maximum Gasteiger partial charge on any atom is 0.471 e. The lowest BCUT2D eigenvalue weighted by Crippen LogP contribution is -2.37. The predicted octanol–water partition coefficient (Wildman–Crippen LogP) is 1.53. The summed E-state index contributed by atoms with van der Waals surface area (Å²) in [6.07, 6.45) is 5.31. The molecule has 0 aromatic rings. The van der Waals surface area contributed by atoms with Gasteiger partial charge in [0.1, 0.15) is 0 Å². The summed E-state index contributed by atoms with van der Waals surface area (Å²) in [4.78, 5) is 31.0. The van der Waals surface area contributed by atoms with E-state index in [4.69, 9.17) is 11.5 Å². The molecule has 0 aromatic heterocycles. The molecule has 0 atom stereocenters. The number of carbonyl (C=O) groups is 3. The molecule has 12 nitrogen and oxygen atoms in total. The van der Waals surface area contributed by atoms with Crippen LogP contribution in [0.2, 0.25) is 0 Å². The summed E-state index contributed by atoms with van der Waals surface area (Å²) >= 11 is 0. The second-order valence-corrected chi connectivity index (χ2v) is 10.3. The molecule has 0 saturated heterocycles. The molecule has 0 unspecified atom stereocenters. The molecule has 0 saturated carbocycles. The summed E-state index contributed by atoms with van der Waals surface area (Å²) in [7, 11) is 0. The Kier molecular flexibility index (Phi) is 40.2. The minimum Gasteiger partial charge on any atom is -0.466 e. The third-order valence-corrected chi connectivity index (χ3v) is 5.85. The Labute approximate surface area is 269 Å². The van der Waals surface area contributed by atoms with Gasteiger partial charge in [-0.15, -0.1) is 0 Å². The average molecular weight is 659 g/mol. The molecular formula is C30H65F3N8O4. The Bertz CT molecular complexity index is 651. The van der Waals surface area contributed by atoms with Crippen molar-refractivity contribution in [3.63, 3.8) is 0 Å². The van der Waals surface area contributed by atoms with Crippen molar-refractivity contribution in [3.05, 3.63) is 0 Å². The van der Waals surface area contributed by atoms with E-state index < -0.39 is 12.1 Å². The van der Waals surface area contributed by atoms with E-state index in [1.807, 2.05) is 5.32 Å². The normalized spacial score (nSPS) is 10.7. The van der Waals surface area contributed by atoms with E-state index in [2.05, 4.69) is 31.3 Å². The molecule has 0 rings (SSSR count). The van der Waals surface area contributed by atoms with Crippen molar-refractivity contribution in [2.24, 2.45) is 11.5 Å². The molecule has 10 N–H and O–H groups in total. The van der Waals surface area contributed by atoms with Gasteiger partial charge in [0.2, 0.25) is 5.91 Å². The zero-order valence-electron chi connectivity index (χ0n) is 28.2. The highest BCUT2D eigenvalue weighted by atomic mass is 19.4. The number of nitrogens with one attached hydrogen (secondary N) is 6. The number of alkyl halides is 3. The lowest BCUT2D eigenvalue weighted by atomic mass is 10.2. The van der Waals surface area contributed by atoms with Crippen LogP contribution in [0.15, 0.2) is 0 Å². The number of hydrogen-bond donors (Lipinski definition) is 8. The lowest BCUT2D eigenvalue weighted by Gasteiger charge is -2.08. The molecule has 0 spiro atoms. The molecule has 270 valence electrons. The summed E-state index contributed by atoms with van der Waals surface area (Å²) < 4.78 is 40.1. The number of unbranched alkanes of at least 4 members (excludes halogenated alkanes) is 4. The van der Waals surface area contributed by atoms with E-state index in [0.29, 0.717) is 19.6 Å². The number of halogens is 3. The van der Waals surface area contributed by atoms with E-state index in [0.717, 1.165) is 104 Å². The Morgan fingerprint density at radius 3 is 1.24 bits per heavy atom. The summed E-state index contributed by atoms with van der Waals surface area (Å²) in [6.45, 7) is 15.3. The second kappa shape index (κ2) is 38.1. The highest BCUT2D eigenvalue weighted by Gasteiger charge is 2.38. The van der Waals surface area contributed by atoms with Crippen LogP contribution in [0.5, 0.6) is 0 Å². The first-order valence-electron chi connectivity index (χ1n) is 16.5. The molecule has 2 amide bonds. The van der Waals surface area contributed by atoms with Gasteiger partial charge in [0.05, 0.1) is 6.61 Å². The van der Waals surface area contributed by atoms with Gasteiger partial charge in [0.25, 0.3) is 0 Å². The molecule has 0 heterocycles. The largest absolute Gasteiger partial charge is 0.471 e. The Morgan fingerprint density at radius 1 is 0.556 bits per heavy atom. The highest BCUT2D eigenvalue weighted by molar-refractivity contribution is 5.81. The minimum atomic E-state index is -4.80. The topological polar surface area (TPSA) is 185 Å². The number of rotatable bonds is 27. The van der Waals surface area contributed by atoms with E-state index >= 15 is 0 Å². The van der Waals surface area contributed by atoms with Gasteiger partial charge in [-0.1, -0.05) is 0 Å². The first-order valence-corrected chi connectivity index (χ1v) is 16.5. The molecule has 0 aliphatic heterocycles. The van der Waals surface area contributed by atoms with Crippen molar-refractivity contribution in [2.75, 3.05) is 85.1 Å². The number of esters is 1. The zero-order valence-corrected chi connectivity index (χ0v) is 28.2. The smallest absolute Gasteiger partial charge is 0.466 e. The molecule has 0 radical (unpaired) electrons. The number of amides is 2. The fraction of sp³-hybridized carbons (Fsp3) is 0.900. The van der Waals surface area contributed by atoms with Crippen molar-refractivity contribution >= 4 is 17.8 Å². The van der Waals surface area contributed by atoms with E-state index in [1.165, 1.54) is 33.1 Å². The van der Waals surface area contributed by atoms with E-state index in [-0.39, 0.29) is 18.4 Å². The summed E-state index contributed by atoms with van der Waals surface area (Å²) in [5.74, 6) is -2.10. The Hall–Kier alpha value is -2.04. The quantitative estimate of drug-likeness (QED) is 0.0476. The predicted molar refractivity (Wildman–Crippen MR) is 176 cm³/mol. The van der Waals surface area contributed by atoms with Crippen molar-refractivity contribution in [3.8, 4) is 0 Å². The molecule has 15 heteroatoms. The van der Waals surface area contributed by atoms with E-state index in [9.17, 15) is 27.6 Å². The fourth-order valence-electron chi connectivity index (χ4n) is 3.48. The van der Waals surface area contributed by atoms with Gasteiger partial charge in [-0.2, -0.15) is 13.2 Å². The SMILES string of the molecule is CC(=O)NCCCNCCCCNCCCCNC(=O)C(F)(F)F.CCOC(C)=O.NCCCCNCCCCNCCCN. The van der Waals surface area contributed by atoms with Crippen LogP contribution >= 0.6 is 0 Å². The maximum atomic E-state index is 11.9. The van der Waals surface area contributed by atoms with Crippen LogP contribution < -0.4 is 43.4 Å². The molecule has 0 aliphatic carbocycles. The maximum absolute atomic E-state index is 11.9. The van der Waals surface area contributed by atoms with Gasteiger partial charge in [-0.25, -0.2) is 0 Å². The summed E-state index contributed by atoms with van der Waals surface area (Å²) in [6, 6.07) is 0. The number of carbonyl (C=O) groups excluding carboxylic acids is 3.